The highest BCUT2D eigenvalue weighted by atomic mass is 35.5. The molecular formula is C13H12ClF4NO2. The van der Waals surface area contributed by atoms with Crippen LogP contribution in [0.5, 0.6) is 0 Å². The van der Waals surface area contributed by atoms with E-state index in [9.17, 15) is 22.4 Å². The van der Waals surface area contributed by atoms with Crippen LogP contribution in [0.3, 0.4) is 0 Å². The van der Waals surface area contributed by atoms with Crippen molar-refractivity contribution >= 4 is 17.6 Å². The van der Waals surface area contributed by atoms with E-state index >= 15 is 0 Å². The highest BCUT2D eigenvalue weighted by Gasteiger charge is 2.63. The highest BCUT2D eigenvalue weighted by Crippen LogP contribution is 2.46. The van der Waals surface area contributed by atoms with E-state index in [0.29, 0.717) is 5.56 Å². The van der Waals surface area contributed by atoms with Gasteiger partial charge < -0.3 is 5.11 Å². The number of halogens is 5. The first-order chi connectivity index (χ1) is 9.65. The summed E-state index contributed by atoms with van der Waals surface area (Å²) in [7, 11) is 0. The van der Waals surface area contributed by atoms with Crippen LogP contribution in [-0.2, 0) is 11.3 Å². The quantitative estimate of drug-likeness (QED) is 0.867. The largest absolute Gasteiger partial charge is 0.481 e. The normalized spacial score (nSPS) is 23.5. The summed E-state index contributed by atoms with van der Waals surface area (Å²) in [5.41, 5.74) is -2.29. The lowest BCUT2D eigenvalue weighted by Crippen LogP contribution is -2.47. The van der Waals surface area contributed by atoms with Gasteiger partial charge in [0.25, 0.3) is 0 Å². The molecule has 1 aromatic carbocycles. The van der Waals surface area contributed by atoms with E-state index in [1.165, 1.54) is 11.0 Å². The Morgan fingerprint density at radius 2 is 2.10 bits per heavy atom. The number of likely N-dealkylation sites (tertiary alicyclic amines) is 1. The van der Waals surface area contributed by atoms with E-state index in [1.54, 1.807) is 0 Å². The first kappa shape index (κ1) is 16.0. The molecule has 3 nitrogen and oxygen atoms in total. The minimum atomic E-state index is -4.82. The summed E-state index contributed by atoms with van der Waals surface area (Å²) in [5, 5.41) is 9.06. The van der Waals surface area contributed by atoms with Crippen LogP contribution in [0.15, 0.2) is 18.2 Å². The van der Waals surface area contributed by atoms with Gasteiger partial charge in [-0.2, -0.15) is 13.2 Å². The van der Waals surface area contributed by atoms with Crippen LogP contribution >= 0.6 is 11.6 Å². The Hall–Kier alpha value is -1.34. The average molecular weight is 326 g/mol. The molecule has 1 heterocycles. The van der Waals surface area contributed by atoms with Crippen LogP contribution in [0, 0.1) is 11.2 Å². The first-order valence-electron chi connectivity index (χ1n) is 6.12. The second-order valence-corrected chi connectivity index (χ2v) is 5.49. The van der Waals surface area contributed by atoms with Crippen LogP contribution in [0.2, 0.25) is 5.02 Å². The molecule has 1 fully saturated rings. The molecule has 1 aliphatic heterocycles. The molecule has 2 rings (SSSR count). The molecule has 0 bridgehead atoms. The van der Waals surface area contributed by atoms with Crippen molar-refractivity contribution in [3.8, 4) is 0 Å². The van der Waals surface area contributed by atoms with Crippen molar-refractivity contribution < 1.29 is 27.5 Å². The van der Waals surface area contributed by atoms with Crippen LogP contribution in [0.1, 0.15) is 12.0 Å². The van der Waals surface area contributed by atoms with E-state index in [-0.39, 0.29) is 18.1 Å². The fourth-order valence-electron chi connectivity index (χ4n) is 2.44. The van der Waals surface area contributed by atoms with Crippen LogP contribution in [-0.4, -0.2) is 35.2 Å². The van der Waals surface area contributed by atoms with Gasteiger partial charge in [0.05, 0.1) is 0 Å². The van der Waals surface area contributed by atoms with Crippen LogP contribution in [0.25, 0.3) is 0 Å². The molecule has 1 aromatic rings. The van der Waals surface area contributed by atoms with Gasteiger partial charge in [0, 0.05) is 24.7 Å². The number of carboxylic acid groups (broad SMARTS) is 1. The SMILES string of the molecule is O=C(O)C1(C(F)(F)F)CCN(Cc2ccc(F)cc2Cl)C1. The molecule has 1 atom stereocenters. The molecule has 0 amide bonds. The van der Waals surface area contributed by atoms with Crippen molar-refractivity contribution in [1.82, 2.24) is 4.90 Å². The molecule has 8 heteroatoms. The van der Waals surface area contributed by atoms with Gasteiger partial charge >= 0.3 is 12.1 Å². The van der Waals surface area contributed by atoms with Crippen molar-refractivity contribution in [3.05, 3.63) is 34.6 Å². The molecule has 0 radical (unpaired) electrons. The molecule has 0 aromatic heterocycles. The summed E-state index contributed by atoms with van der Waals surface area (Å²) >= 11 is 5.83. The second kappa shape index (κ2) is 5.46. The zero-order valence-corrected chi connectivity index (χ0v) is 11.5. The van der Waals surface area contributed by atoms with Crippen molar-refractivity contribution in [2.75, 3.05) is 13.1 Å². The number of hydrogen-bond donors (Lipinski definition) is 1. The van der Waals surface area contributed by atoms with Crippen molar-refractivity contribution in [1.29, 1.82) is 0 Å². The predicted molar refractivity (Wildman–Crippen MR) is 67.4 cm³/mol. The number of hydrogen-bond acceptors (Lipinski definition) is 2. The van der Waals surface area contributed by atoms with E-state index in [1.807, 2.05) is 0 Å². The van der Waals surface area contributed by atoms with Crippen LogP contribution in [0.4, 0.5) is 17.6 Å². The molecule has 1 saturated heterocycles. The molecular weight excluding hydrogens is 314 g/mol. The average Bonchev–Trinajstić information content (AvgIpc) is 2.77. The van der Waals surface area contributed by atoms with Gasteiger partial charge in [-0.05, 0) is 24.1 Å². The summed E-state index contributed by atoms with van der Waals surface area (Å²) in [4.78, 5) is 12.4. The summed E-state index contributed by atoms with van der Waals surface area (Å²) < 4.78 is 52.0. The van der Waals surface area contributed by atoms with E-state index in [4.69, 9.17) is 16.7 Å². The number of rotatable bonds is 3. The monoisotopic (exact) mass is 325 g/mol. The third-order valence-electron chi connectivity index (χ3n) is 3.71. The minimum Gasteiger partial charge on any atom is -0.481 e. The number of alkyl halides is 3. The lowest BCUT2D eigenvalue weighted by Gasteiger charge is -2.27. The van der Waals surface area contributed by atoms with Gasteiger partial charge in [-0.15, -0.1) is 0 Å². The molecule has 1 N–H and O–H groups in total. The maximum Gasteiger partial charge on any atom is 0.406 e. The Balaban J connectivity index is 2.17. The van der Waals surface area contributed by atoms with Gasteiger partial charge in [0.1, 0.15) is 5.82 Å². The van der Waals surface area contributed by atoms with Crippen molar-refractivity contribution in [2.24, 2.45) is 5.41 Å². The summed E-state index contributed by atoms with van der Waals surface area (Å²) in [6.45, 7) is -0.608. The van der Waals surface area contributed by atoms with Gasteiger partial charge in [-0.1, -0.05) is 17.7 Å². The minimum absolute atomic E-state index is 0.0144. The summed E-state index contributed by atoms with van der Waals surface area (Å²) in [5.74, 6) is -2.41. The van der Waals surface area contributed by atoms with Gasteiger partial charge in [0.2, 0.25) is 0 Å². The second-order valence-electron chi connectivity index (χ2n) is 5.08. The number of carbonyl (C=O) groups is 1. The van der Waals surface area contributed by atoms with E-state index < -0.39 is 36.3 Å². The van der Waals surface area contributed by atoms with Gasteiger partial charge in [-0.3, -0.25) is 9.69 Å². The number of nitrogens with zero attached hydrogens (tertiary/aromatic N) is 1. The summed E-state index contributed by atoms with van der Waals surface area (Å²) in [6, 6.07) is 3.61. The van der Waals surface area contributed by atoms with Crippen molar-refractivity contribution in [3.63, 3.8) is 0 Å². The zero-order valence-electron chi connectivity index (χ0n) is 10.8. The Morgan fingerprint density at radius 3 is 2.57 bits per heavy atom. The first-order valence-corrected chi connectivity index (χ1v) is 6.50. The zero-order chi connectivity index (χ0) is 15.8. The predicted octanol–water partition coefficient (Wildman–Crippen LogP) is 3.32. The number of benzene rings is 1. The Bertz CT molecular complexity index is 564. The van der Waals surface area contributed by atoms with E-state index in [2.05, 4.69) is 0 Å². The third-order valence-corrected chi connectivity index (χ3v) is 4.06. The molecule has 1 unspecified atom stereocenters. The molecule has 0 aliphatic carbocycles. The number of carboxylic acids is 1. The fourth-order valence-corrected chi connectivity index (χ4v) is 2.67. The Labute approximate surface area is 123 Å². The maximum atomic E-state index is 13.0. The van der Waals surface area contributed by atoms with E-state index in [0.717, 1.165) is 12.1 Å². The van der Waals surface area contributed by atoms with Crippen molar-refractivity contribution in [2.45, 2.75) is 19.1 Å². The van der Waals surface area contributed by atoms with Gasteiger partial charge in [-0.25, -0.2) is 4.39 Å². The molecule has 1 aliphatic rings. The van der Waals surface area contributed by atoms with Crippen LogP contribution < -0.4 is 0 Å². The number of aliphatic carboxylic acids is 1. The lowest BCUT2D eigenvalue weighted by atomic mass is 9.86. The Kier molecular flexibility index (Phi) is 4.17. The highest BCUT2D eigenvalue weighted by molar-refractivity contribution is 6.31. The molecule has 21 heavy (non-hydrogen) atoms. The van der Waals surface area contributed by atoms with Gasteiger partial charge in [0.15, 0.2) is 5.41 Å². The Morgan fingerprint density at radius 1 is 1.43 bits per heavy atom. The third kappa shape index (κ3) is 2.98. The topological polar surface area (TPSA) is 40.5 Å². The molecule has 0 saturated carbocycles. The standard InChI is InChI=1S/C13H12ClF4NO2/c14-10-5-9(15)2-1-8(10)6-19-4-3-12(7-19,11(20)21)13(16,17)18/h1-2,5H,3-4,6-7H2,(H,20,21). The fraction of sp³-hybridized carbons (Fsp3) is 0.462. The summed E-state index contributed by atoms with van der Waals surface area (Å²) in [6.07, 6.45) is -5.33. The lowest BCUT2D eigenvalue weighted by molar-refractivity contribution is -0.227. The smallest absolute Gasteiger partial charge is 0.406 e. The molecule has 0 spiro atoms. The maximum absolute atomic E-state index is 13.0. The molecule has 116 valence electrons.